The maximum atomic E-state index is 9.19. The van der Waals surface area contributed by atoms with E-state index in [1.54, 1.807) is 18.2 Å². The number of aryl methyl sites for hydroxylation is 1. The first-order chi connectivity index (χ1) is 14.7. The van der Waals surface area contributed by atoms with Crippen molar-refractivity contribution in [3.05, 3.63) is 52.5 Å². The van der Waals surface area contributed by atoms with Crippen LogP contribution in [0.4, 0.5) is 17.1 Å². The Morgan fingerprint density at radius 1 is 1.09 bits per heavy atom. The van der Waals surface area contributed by atoms with Crippen molar-refractivity contribution in [3.63, 3.8) is 0 Å². The molecule has 32 heavy (non-hydrogen) atoms. The van der Waals surface area contributed by atoms with E-state index in [4.69, 9.17) is 29.1 Å². The summed E-state index contributed by atoms with van der Waals surface area (Å²) in [6.07, 6.45) is 0. The molecule has 11 heteroatoms. The zero-order valence-corrected chi connectivity index (χ0v) is 20.3. The first-order valence-corrected chi connectivity index (χ1v) is 11.4. The van der Waals surface area contributed by atoms with E-state index in [0.29, 0.717) is 16.3 Å². The van der Waals surface area contributed by atoms with Crippen molar-refractivity contribution in [2.75, 3.05) is 45.7 Å². The summed E-state index contributed by atoms with van der Waals surface area (Å²) in [5.41, 5.74) is 3.94. The summed E-state index contributed by atoms with van der Waals surface area (Å²) in [5.74, 6) is 0. The maximum Gasteiger partial charge on any atom is 0.105 e. The van der Waals surface area contributed by atoms with Crippen molar-refractivity contribution in [2.24, 2.45) is 10.2 Å². The van der Waals surface area contributed by atoms with E-state index in [9.17, 15) is 5.26 Å². The molecule has 174 valence electrons. The second kappa shape index (κ2) is 11.9. The molecule has 0 aliphatic carbocycles. The van der Waals surface area contributed by atoms with E-state index < -0.39 is 10.4 Å². The Labute approximate surface area is 194 Å². The largest absolute Gasteiger partial charge is 0.759 e. The molecule has 0 heterocycles. The fourth-order valence-corrected chi connectivity index (χ4v) is 2.80. The lowest BCUT2D eigenvalue weighted by atomic mass is 10.1. The number of anilines is 1. The Kier molecular flexibility index (Phi) is 10.2. The van der Waals surface area contributed by atoms with Crippen LogP contribution in [0.5, 0.6) is 0 Å². The highest BCUT2D eigenvalue weighted by molar-refractivity contribution is 7.79. The van der Waals surface area contributed by atoms with Gasteiger partial charge in [0, 0.05) is 27.7 Å². The van der Waals surface area contributed by atoms with Crippen molar-refractivity contribution < 1.29 is 22.0 Å². The zero-order chi connectivity index (χ0) is 24.5. The van der Waals surface area contributed by atoms with E-state index in [0.717, 1.165) is 35.4 Å². The number of rotatable bonds is 7. The molecule has 0 aliphatic heterocycles. The molecule has 0 bridgehead atoms. The number of hydrogen-bond acceptors (Lipinski definition) is 8. The summed E-state index contributed by atoms with van der Waals surface area (Å²) in [4.78, 5) is 2.36. The smallest absolute Gasteiger partial charge is 0.105 e. The molecule has 0 aromatic heterocycles. The number of hydrogen-bond donors (Lipinski definition) is 0. The molecule has 2 aromatic carbocycles. The minimum Gasteiger partial charge on any atom is -0.759 e. The first kappa shape index (κ1) is 27.5. The predicted octanol–water partition coefficient (Wildman–Crippen LogP) is 4.13. The third-order valence-electron chi connectivity index (χ3n) is 4.31. The lowest BCUT2D eigenvalue weighted by Gasteiger charge is -2.29. The highest BCUT2D eigenvalue weighted by Crippen LogP contribution is 2.29. The topological polar surface area (TPSA) is 132 Å². The normalized spacial score (nSPS) is 11.6. The molecule has 0 amide bonds. The molecule has 0 atom stereocenters. The van der Waals surface area contributed by atoms with Gasteiger partial charge >= 0.3 is 0 Å². The van der Waals surface area contributed by atoms with E-state index in [1.165, 1.54) is 5.69 Å². The van der Waals surface area contributed by atoms with E-state index >= 15 is 0 Å². The Morgan fingerprint density at radius 2 is 1.69 bits per heavy atom. The SMILES string of the molecule is CCN(CC[N+](C)(C)C)c1ccc(N=Nc2cc(Cl)ccc2C#N)c(C)c1.O=S(=O)([O-])[O-]. The highest BCUT2D eigenvalue weighted by atomic mass is 35.5. The third kappa shape index (κ3) is 10.7. The van der Waals surface area contributed by atoms with Crippen LogP contribution in [0.3, 0.4) is 0 Å². The number of nitrogens with zero attached hydrogens (tertiary/aromatic N) is 5. The first-order valence-electron chi connectivity index (χ1n) is 9.67. The summed E-state index contributed by atoms with van der Waals surface area (Å²) in [6, 6.07) is 13.3. The standard InChI is InChI=1S/C21H27ClN5.H2O4S/c1-6-26(11-12-27(3,4)5)19-9-10-20(16(2)13-19)24-25-21-14-18(22)8-7-17(21)15-23;1-5(2,3)4/h7-10,13-14H,6,11-12H2,1-5H3;(H2,1,2,3,4)/q+1;/p-2. The monoisotopic (exact) mass is 480 g/mol. The summed E-state index contributed by atoms with van der Waals surface area (Å²) in [7, 11) is 1.44. The average Bonchev–Trinajstić information content (AvgIpc) is 2.65. The number of azo groups is 1. The lowest BCUT2D eigenvalue weighted by molar-refractivity contribution is -0.868. The van der Waals surface area contributed by atoms with Gasteiger partial charge in [-0.3, -0.25) is 8.42 Å². The molecule has 0 N–H and O–H groups in total. The Bertz CT molecular complexity index is 1080. The number of quaternary nitrogens is 1. The number of likely N-dealkylation sites (N-methyl/N-ethyl adjacent to an activating group) is 2. The number of halogens is 1. The van der Waals surface area contributed by atoms with Gasteiger partial charge in [0.1, 0.15) is 11.8 Å². The summed E-state index contributed by atoms with van der Waals surface area (Å²) >= 11 is 6.00. The van der Waals surface area contributed by atoms with Gasteiger partial charge in [0.2, 0.25) is 0 Å². The number of benzene rings is 2. The lowest BCUT2D eigenvalue weighted by Crippen LogP contribution is -2.42. The van der Waals surface area contributed by atoms with Crippen LogP contribution in [-0.4, -0.2) is 62.8 Å². The summed E-state index contributed by atoms with van der Waals surface area (Å²) in [6.45, 7) is 7.21. The van der Waals surface area contributed by atoms with Gasteiger partial charge in [0.25, 0.3) is 0 Å². The van der Waals surface area contributed by atoms with Gasteiger partial charge in [-0.25, -0.2) is 0 Å². The maximum absolute atomic E-state index is 9.19. The van der Waals surface area contributed by atoms with Crippen molar-refractivity contribution in [1.29, 1.82) is 5.26 Å². The van der Waals surface area contributed by atoms with Gasteiger partial charge in [-0.05, 0) is 55.8 Å². The molecular weight excluding hydrogens is 454 g/mol. The number of nitriles is 1. The predicted molar refractivity (Wildman–Crippen MR) is 123 cm³/mol. The second-order valence-corrected chi connectivity index (χ2v) is 9.20. The molecule has 0 radical (unpaired) electrons. The minimum atomic E-state index is -5.17. The molecule has 0 spiro atoms. The Morgan fingerprint density at radius 3 is 2.19 bits per heavy atom. The molecule has 0 aliphatic rings. The van der Waals surface area contributed by atoms with Gasteiger partial charge in [-0.15, -0.1) is 5.11 Å². The molecule has 0 fully saturated rings. The molecular formula is C21H27ClN5O4S-. The summed E-state index contributed by atoms with van der Waals surface area (Å²) in [5, 5.41) is 18.3. The Balaban J connectivity index is 0.000000920. The van der Waals surface area contributed by atoms with Crippen molar-refractivity contribution in [2.45, 2.75) is 13.8 Å². The molecule has 0 unspecified atom stereocenters. The van der Waals surface area contributed by atoms with E-state index in [-0.39, 0.29) is 0 Å². The Hall–Kier alpha value is -2.55. The van der Waals surface area contributed by atoms with Crippen LogP contribution in [0, 0.1) is 18.3 Å². The third-order valence-corrected chi connectivity index (χ3v) is 4.55. The van der Waals surface area contributed by atoms with Crippen LogP contribution < -0.4 is 4.90 Å². The highest BCUT2D eigenvalue weighted by Gasteiger charge is 2.12. The zero-order valence-electron chi connectivity index (χ0n) is 18.7. The molecule has 0 saturated heterocycles. The fourth-order valence-electron chi connectivity index (χ4n) is 2.63. The molecule has 2 aromatic rings. The quantitative estimate of drug-likeness (QED) is 0.253. The van der Waals surface area contributed by atoms with Crippen LogP contribution in [0.2, 0.25) is 5.02 Å². The van der Waals surface area contributed by atoms with Gasteiger partial charge in [0.15, 0.2) is 0 Å². The van der Waals surface area contributed by atoms with Crippen LogP contribution in [0.25, 0.3) is 0 Å². The molecule has 0 saturated carbocycles. The second-order valence-electron chi connectivity index (χ2n) is 7.95. The van der Waals surface area contributed by atoms with Crippen molar-refractivity contribution in [1.82, 2.24) is 0 Å². The average molecular weight is 481 g/mol. The van der Waals surface area contributed by atoms with Gasteiger partial charge < -0.3 is 18.5 Å². The molecule has 9 nitrogen and oxygen atoms in total. The van der Waals surface area contributed by atoms with Gasteiger partial charge in [-0.2, -0.15) is 10.4 Å². The van der Waals surface area contributed by atoms with E-state index in [1.807, 2.05) is 13.0 Å². The van der Waals surface area contributed by atoms with Crippen LogP contribution in [-0.2, 0) is 10.4 Å². The van der Waals surface area contributed by atoms with Crippen LogP contribution in [0.15, 0.2) is 46.6 Å². The van der Waals surface area contributed by atoms with Gasteiger partial charge in [-0.1, -0.05) is 11.6 Å². The fraction of sp³-hybridized carbons (Fsp3) is 0.381. The van der Waals surface area contributed by atoms with Crippen LogP contribution in [0.1, 0.15) is 18.1 Å². The van der Waals surface area contributed by atoms with Crippen LogP contribution >= 0.6 is 11.6 Å². The van der Waals surface area contributed by atoms with Crippen molar-refractivity contribution >= 4 is 39.1 Å². The molecule has 2 rings (SSSR count). The van der Waals surface area contributed by atoms with Gasteiger partial charge in [0.05, 0.1) is 45.5 Å². The van der Waals surface area contributed by atoms with Crippen molar-refractivity contribution in [3.8, 4) is 6.07 Å². The minimum absolute atomic E-state index is 0.454. The van der Waals surface area contributed by atoms with E-state index in [2.05, 4.69) is 61.4 Å². The summed E-state index contributed by atoms with van der Waals surface area (Å²) < 4.78 is 35.0.